The van der Waals surface area contributed by atoms with E-state index in [-0.39, 0.29) is 0 Å². The Morgan fingerprint density at radius 1 is 0.600 bits per heavy atom. The Hall–Kier alpha value is -5.19. The van der Waals surface area contributed by atoms with E-state index in [1.807, 2.05) is 66.7 Å². The molecule has 0 saturated carbocycles. The van der Waals surface area contributed by atoms with Gasteiger partial charge in [-0.1, -0.05) is 54.6 Å². The van der Waals surface area contributed by atoms with E-state index in [0.717, 1.165) is 49.7 Å². The Balaban J connectivity index is 1.61. The van der Waals surface area contributed by atoms with E-state index in [2.05, 4.69) is 58.1 Å². The van der Waals surface area contributed by atoms with Crippen LogP contribution in [0.3, 0.4) is 0 Å². The molecule has 0 aliphatic carbocycles. The van der Waals surface area contributed by atoms with Crippen LogP contribution in [0.25, 0.3) is 49.7 Å². The number of benzene rings is 4. The second-order valence-electron chi connectivity index (χ2n) is 8.31. The van der Waals surface area contributed by atoms with Crippen molar-refractivity contribution < 1.29 is 0 Å². The zero-order valence-electron chi connectivity index (χ0n) is 18.7. The molecule has 0 aliphatic rings. The van der Waals surface area contributed by atoms with Gasteiger partial charge in [0.2, 0.25) is 0 Å². The van der Waals surface area contributed by atoms with Gasteiger partial charge >= 0.3 is 0 Å². The molecule has 0 atom stereocenters. The van der Waals surface area contributed by atoms with Crippen molar-refractivity contribution >= 4 is 21.8 Å². The second-order valence-corrected chi connectivity index (χ2v) is 8.31. The third kappa shape index (κ3) is 3.33. The first kappa shape index (κ1) is 20.4. The average Bonchev–Trinajstić information content (AvgIpc) is 3.26. The molecule has 0 amide bonds. The van der Waals surface area contributed by atoms with Crippen LogP contribution in [0.5, 0.6) is 0 Å². The number of nitrogens with zero attached hydrogens (tertiary/aromatic N) is 4. The Morgan fingerprint density at radius 3 is 2.20 bits per heavy atom. The maximum absolute atomic E-state index is 9.54. The maximum Gasteiger partial charge on any atom is 0.148 e. The largest absolute Gasteiger partial charge is 0.309 e. The van der Waals surface area contributed by atoms with Crippen LogP contribution >= 0.6 is 0 Å². The fourth-order valence-corrected chi connectivity index (χ4v) is 4.80. The summed E-state index contributed by atoms with van der Waals surface area (Å²) >= 11 is 0. The Kier molecular flexibility index (Phi) is 4.84. The summed E-state index contributed by atoms with van der Waals surface area (Å²) in [7, 11) is 0. The minimum absolute atomic E-state index is 0.411. The quantitative estimate of drug-likeness (QED) is 0.287. The van der Waals surface area contributed by atoms with Crippen molar-refractivity contribution in [3.8, 4) is 40.1 Å². The fraction of sp³-hybridized carbons (Fsp3) is 0. The van der Waals surface area contributed by atoms with Gasteiger partial charge in [-0.15, -0.1) is 0 Å². The van der Waals surface area contributed by atoms with Crippen molar-refractivity contribution in [1.82, 2.24) is 9.55 Å². The molecule has 0 bridgehead atoms. The van der Waals surface area contributed by atoms with Crippen molar-refractivity contribution in [3.05, 3.63) is 121 Å². The Morgan fingerprint density at radius 2 is 1.34 bits per heavy atom. The Labute approximate surface area is 202 Å². The monoisotopic (exact) mass is 446 g/mol. The third-order valence-electron chi connectivity index (χ3n) is 6.34. The highest BCUT2D eigenvalue weighted by molar-refractivity contribution is 6.10. The highest BCUT2D eigenvalue weighted by Crippen LogP contribution is 2.37. The summed E-state index contributed by atoms with van der Waals surface area (Å²) in [5, 5.41) is 21.2. The molecule has 162 valence electrons. The van der Waals surface area contributed by atoms with Crippen LogP contribution in [0, 0.1) is 22.7 Å². The third-order valence-corrected chi connectivity index (χ3v) is 6.34. The van der Waals surface area contributed by atoms with Crippen LogP contribution in [0.2, 0.25) is 0 Å². The van der Waals surface area contributed by atoms with E-state index in [1.165, 1.54) is 0 Å². The predicted octanol–water partition coefficient (Wildman–Crippen LogP) is 7.26. The SMILES string of the molecule is N#Cc1ccc2c(c1)c1ccccc1n2-c1ccccc1-c1cccc(-c2cccnc2C#N)c1. The van der Waals surface area contributed by atoms with E-state index in [1.54, 1.807) is 6.20 Å². The van der Waals surface area contributed by atoms with Gasteiger partial charge in [0.15, 0.2) is 0 Å². The van der Waals surface area contributed by atoms with E-state index < -0.39 is 0 Å². The number of aromatic nitrogens is 2. The molecule has 0 N–H and O–H groups in total. The number of rotatable bonds is 3. The van der Waals surface area contributed by atoms with Crippen LogP contribution in [-0.4, -0.2) is 9.55 Å². The van der Waals surface area contributed by atoms with Gasteiger partial charge in [-0.25, -0.2) is 4.98 Å². The molecular formula is C31H18N4. The van der Waals surface area contributed by atoms with Crippen LogP contribution in [0.15, 0.2) is 109 Å². The normalized spacial score (nSPS) is 10.8. The van der Waals surface area contributed by atoms with Crippen molar-refractivity contribution in [2.45, 2.75) is 0 Å². The minimum atomic E-state index is 0.411. The minimum Gasteiger partial charge on any atom is -0.309 e. The molecule has 4 heteroatoms. The molecule has 0 radical (unpaired) electrons. The van der Waals surface area contributed by atoms with Crippen molar-refractivity contribution in [1.29, 1.82) is 10.5 Å². The van der Waals surface area contributed by atoms with E-state index in [0.29, 0.717) is 11.3 Å². The standard InChI is InChI=1S/C31H18N4/c32-19-21-14-15-31-27(17-21)26-10-2-4-13-30(26)35(31)29-12-3-1-9-25(29)23-8-5-7-22(18-23)24-11-6-16-34-28(24)20-33/h1-18H. The van der Waals surface area contributed by atoms with Gasteiger partial charge in [0.1, 0.15) is 11.8 Å². The molecule has 2 aromatic heterocycles. The molecule has 35 heavy (non-hydrogen) atoms. The first-order chi connectivity index (χ1) is 17.3. The van der Waals surface area contributed by atoms with Gasteiger partial charge in [0.05, 0.1) is 28.4 Å². The molecule has 4 nitrogen and oxygen atoms in total. The highest BCUT2D eigenvalue weighted by Gasteiger charge is 2.16. The van der Waals surface area contributed by atoms with Gasteiger partial charge < -0.3 is 4.57 Å². The summed E-state index contributed by atoms with van der Waals surface area (Å²) in [6.45, 7) is 0. The highest BCUT2D eigenvalue weighted by atomic mass is 15.0. The number of fused-ring (bicyclic) bond motifs is 3. The van der Waals surface area contributed by atoms with Gasteiger partial charge in [0, 0.05) is 28.1 Å². The number of nitriles is 2. The lowest BCUT2D eigenvalue weighted by Crippen LogP contribution is -1.97. The predicted molar refractivity (Wildman–Crippen MR) is 139 cm³/mol. The first-order valence-corrected chi connectivity index (χ1v) is 11.3. The van der Waals surface area contributed by atoms with E-state index >= 15 is 0 Å². The first-order valence-electron chi connectivity index (χ1n) is 11.3. The zero-order chi connectivity index (χ0) is 23.8. The Bertz CT molecular complexity index is 1830. The van der Waals surface area contributed by atoms with Crippen LogP contribution < -0.4 is 0 Å². The summed E-state index contributed by atoms with van der Waals surface area (Å²) in [5.41, 5.74) is 8.12. The smallest absolute Gasteiger partial charge is 0.148 e. The average molecular weight is 447 g/mol. The lowest BCUT2D eigenvalue weighted by Gasteiger charge is -2.15. The van der Waals surface area contributed by atoms with Crippen LogP contribution in [0.1, 0.15) is 11.3 Å². The van der Waals surface area contributed by atoms with Gasteiger partial charge in [0.25, 0.3) is 0 Å². The van der Waals surface area contributed by atoms with Crippen LogP contribution in [-0.2, 0) is 0 Å². The van der Waals surface area contributed by atoms with Gasteiger partial charge in [-0.2, -0.15) is 10.5 Å². The lowest BCUT2D eigenvalue weighted by atomic mass is 9.97. The van der Waals surface area contributed by atoms with E-state index in [4.69, 9.17) is 0 Å². The van der Waals surface area contributed by atoms with Crippen molar-refractivity contribution in [3.63, 3.8) is 0 Å². The number of hydrogen-bond donors (Lipinski definition) is 0. The summed E-state index contributed by atoms with van der Waals surface area (Å²) < 4.78 is 2.26. The summed E-state index contributed by atoms with van der Waals surface area (Å²) in [5.74, 6) is 0. The molecule has 0 aliphatic heterocycles. The molecule has 0 saturated heterocycles. The van der Waals surface area contributed by atoms with Crippen molar-refractivity contribution in [2.75, 3.05) is 0 Å². The number of hydrogen-bond acceptors (Lipinski definition) is 3. The van der Waals surface area contributed by atoms with Gasteiger partial charge in [-0.3, -0.25) is 0 Å². The van der Waals surface area contributed by atoms with E-state index in [9.17, 15) is 10.5 Å². The maximum atomic E-state index is 9.54. The lowest BCUT2D eigenvalue weighted by molar-refractivity contribution is 1.18. The van der Waals surface area contributed by atoms with Crippen molar-refractivity contribution in [2.24, 2.45) is 0 Å². The molecule has 0 spiro atoms. The number of pyridine rings is 1. The zero-order valence-corrected chi connectivity index (χ0v) is 18.7. The summed E-state index contributed by atoms with van der Waals surface area (Å²) in [4.78, 5) is 4.23. The fourth-order valence-electron chi connectivity index (χ4n) is 4.80. The molecule has 4 aromatic carbocycles. The molecule has 0 unspecified atom stereocenters. The molecule has 6 rings (SSSR count). The van der Waals surface area contributed by atoms with Crippen LogP contribution in [0.4, 0.5) is 0 Å². The molecular weight excluding hydrogens is 428 g/mol. The topological polar surface area (TPSA) is 65.4 Å². The summed E-state index contributed by atoms with van der Waals surface area (Å²) in [6.07, 6.45) is 1.64. The number of para-hydroxylation sites is 2. The second kappa shape index (κ2) is 8.30. The molecule has 2 heterocycles. The molecule has 6 aromatic rings. The molecule has 0 fully saturated rings. The summed E-state index contributed by atoms with van der Waals surface area (Å²) in [6, 6.07) is 38.9. The van der Waals surface area contributed by atoms with Gasteiger partial charge in [-0.05, 0) is 59.7 Å².